The summed E-state index contributed by atoms with van der Waals surface area (Å²) in [6.45, 7) is 2.43. The summed E-state index contributed by atoms with van der Waals surface area (Å²) in [5.74, 6) is 0.573. The molecule has 0 saturated heterocycles. The molecule has 1 fully saturated rings. The summed E-state index contributed by atoms with van der Waals surface area (Å²) < 4.78 is 5.65. The topological polar surface area (TPSA) is 119 Å². The number of nitrogens with zero attached hydrogens (tertiary/aromatic N) is 3. The molecule has 2 heterocycles. The fourth-order valence-corrected chi connectivity index (χ4v) is 4.46. The summed E-state index contributed by atoms with van der Waals surface area (Å²) in [7, 11) is 0. The lowest BCUT2D eigenvalue weighted by atomic mass is 9.77. The molecule has 0 atom stereocenters. The molecule has 1 aliphatic heterocycles. The Kier molecular flexibility index (Phi) is 5.57. The Morgan fingerprint density at radius 1 is 1.20 bits per heavy atom. The van der Waals surface area contributed by atoms with Crippen LogP contribution in [0.5, 0.6) is 5.88 Å². The molecule has 0 unspecified atom stereocenters. The van der Waals surface area contributed by atoms with Crippen LogP contribution in [0.2, 0.25) is 0 Å². The van der Waals surface area contributed by atoms with E-state index in [1.807, 2.05) is 12.1 Å². The highest BCUT2D eigenvalue weighted by Crippen LogP contribution is 2.38. The second-order valence-corrected chi connectivity index (χ2v) is 8.05. The predicted molar refractivity (Wildman–Crippen MR) is 112 cm³/mol. The van der Waals surface area contributed by atoms with Crippen LogP contribution in [-0.4, -0.2) is 40.1 Å². The molecule has 2 aromatic rings. The Labute approximate surface area is 175 Å². The normalized spacial score (nSPS) is 21.5. The van der Waals surface area contributed by atoms with Crippen molar-refractivity contribution in [1.82, 2.24) is 9.97 Å². The number of nitrogens with two attached hydrogens (primary N) is 1. The molecule has 0 spiro atoms. The number of aryl methyl sites for hydroxylation is 1. The van der Waals surface area contributed by atoms with Gasteiger partial charge in [-0.1, -0.05) is 12.1 Å². The fourth-order valence-electron chi connectivity index (χ4n) is 4.46. The number of rotatable bonds is 4. The predicted octanol–water partition coefficient (Wildman–Crippen LogP) is 3.15. The maximum absolute atomic E-state index is 13.1. The maximum atomic E-state index is 13.1. The summed E-state index contributed by atoms with van der Waals surface area (Å²) in [6.07, 6.45) is 4.13. The summed E-state index contributed by atoms with van der Waals surface area (Å²) in [6, 6.07) is 8.03. The number of hydrogen-bond acceptors (Lipinski definition) is 6. The van der Waals surface area contributed by atoms with E-state index >= 15 is 0 Å². The van der Waals surface area contributed by atoms with Gasteiger partial charge in [0.1, 0.15) is 23.8 Å². The minimum atomic E-state index is -0.711. The first-order chi connectivity index (χ1) is 14.4. The molecule has 1 aliphatic carbocycles. The van der Waals surface area contributed by atoms with E-state index in [-0.39, 0.29) is 35.5 Å². The second-order valence-electron chi connectivity index (χ2n) is 8.05. The van der Waals surface area contributed by atoms with Crippen LogP contribution in [0, 0.1) is 12.8 Å². The zero-order chi connectivity index (χ0) is 21.3. The number of nitrogen functional groups attached to an aromatic ring is 1. The molecule has 30 heavy (non-hydrogen) atoms. The lowest BCUT2D eigenvalue weighted by Crippen LogP contribution is -2.32. The van der Waals surface area contributed by atoms with Gasteiger partial charge in [0.05, 0.1) is 6.54 Å². The van der Waals surface area contributed by atoms with Crippen molar-refractivity contribution in [3.05, 3.63) is 41.2 Å². The number of anilines is 2. The number of aliphatic carboxylic acids is 1. The highest BCUT2D eigenvalue weighted by molar-refractivity contribution is 6.10. The molecule has 1 aromatic heterocycles. The number of aromatic nitrogens is 2. The van der Waals surface area contributed by atoms with Gasteiger partial charge in [-0.2, -0.15) is 4.98 Å². The van der Waals surface area contributed by atoms with Crippen LogP contribution in [0.25, 0.3) is 0 Å². The number of ether oxygens (including phenoxy) is 1. The SMILES string of the molecule is Cc1nc(N)c2c(n1)OCCN(c1ccc(C3CCC(CC(=O)O)CC3)cc1)C2=O. The van der Waals surface area contributed by atoms with Crippen molar-refractivity contribution in [3.8, 4) is 5.88 Å². The number of benzene rings is 1. The number of carbonyl (C=O) groups excluding carboxylic acids is 1. The minimum absolute atomic E-state index is 0.129. The number of amides is 1. The monoisotopic (exact) mass is 410 g/mol. The average Bonchev–Trinajstić information content (AvgIpc) is 2.87. The standard InChI is InChI=1S/C22H26N4O4/c1-13-24-20(23)19-21(25-13)30-11-10-26(22(19)29)17-8-6-16(7-9-17)15-4-2-14(3-5-15)12-18(27)28/h6-9,14-15H,2-5,10-12H2,1H3,(H,27,28)(H2,23,24,25). The van der Waals surface area contributed by atoms with Crippen LogP contribution in [0.3, 0.4) is 0 Å². The van der Waals surface area contributed by atoms with Gasteiger partial charge >= 0.3 is 5.97 Å². The van der Waals surface area contributed by atoms with E-state index in [1.54, 1.807) is 11.8 Å². The van der Waals surface area contributed by atoms with Crippen molar-refractivity contribution in [2.75, 3.05) is 23.8 Å². The Morgan fingerprint density at radius 2 is 1.90 bits per heavy atom. The van der Waals surface area contributed by atoms with Gasteiger partial charge in [-0.15, -0.1) is 0 Å². The zero-order valence-electron chi connectivity index (χ0n) is 17.0. The second kappa shape index (κ2) is 8.30. The van der Waals surface area contributed by atoms with Gasteiger partial charge in [0, 0.05) is 12.1 Å². The van der Waals surface area contributed by atoms with E-state index in [1.165, 1.54) is 5.56 Å². The van der Waals surface area contributed by atoms with Crippen LogP contribution < -0.4 is 15.4 Å². The van der Waals surface area contributed by atoms with Crippen molar-refractivity contribution in [3.63, 3.8) is 0 Å². The van der Waals surface area contributed by atoms with Crippen molar-refractivity contribution in [2.24, 2.45) is 5.92 Å². The van der Waals surface area contributed by atoms with Crippen molar-refractivity contribution < 1.29 is 19.4 Å². The average molecular weight is 410 g/mol. The maximum Gasteiger partial charge on any atom is 0.303 e. The van der Waals surface area contributed by atoms with E-state index < -0.39 is 5.97 Å². The summed E-state index contributed by atoms with van der Waals surface area (Å²) >= 11 is 0. The third kappa shape index (κ3) is 4.08. The van der Waals surface area contributed by atoms with E-state index in [0.29, 0.717) is 24.9 Å². The lowest BCUT2D eigenvalue weighted by molar-refractivity contribution is -0.138. The first kappa shape index (κ1) is 20.1. The number of carboxylic acids is 1. The summed E-state index contributed by atoms with van der Waals surface area (Å²) in [5, 5.41) is 8.98. The van der Waals surface area contributed by atoms with Crippen LogP contribution in [0.15, 0.2) is 24.3 Å². The summed E-state index contributed by atoms with van der Waals surface area (Å²) in [4.78, 5) is 34.0. The molecule has 8 heteroatoms. The van der Waals surface area contributed by atoms with Gasteiger partial charge in [-0.05, 0) is 62.1 Å². The molecule has 0 radical (unpaired) electrons. The van der Waals surface area contributed by atoms with Crippen LogP contribution in [0.4, 0.5) is 11.5 Å². The highest BCUT2D eigenvalue weighted by atomic mass is 16.5. The largest absolute Gasteiger partial charge is 0.481 e. The Morgan fingerprint density at radius 3 is 2.57 bits per heavy atom. The first-order valence-electron chi connectivity index (χ1n) is 10.3. The van der Waals surface area contributed by atoms with Crippen molar-refractivity contribution in [1.29, 1.82) is 0 Å². The van der Waals surface area contributed by atoms with Crippen LogP contribution >= 0.6 is 0 Å². The van der Waals surface area contributed by atoms with Crippen LogP contribution in [-0.2, 0) is 4.79 Å². The quantitative estimate of drug-likeness (QED) is 0.795. The summed E-state index contributed by atoms with van der Waals surface area (Å²) in [5.41, 5.74) is 8.20. The molecule has 1 saturated carbocycles. The third-order valence-corrected chi connectivity index (χ3v) is 6.01. The number of hydrogen-bond donors (Lipinski definition) is 2. The molecular weight excluding hydrogens is 384 g/mol. The Bertz CT molecular complexity index is 952. The van der Waals surface area contributed by atoms with Crippen molar-refractivity contribution in [2.45, 2.75) is 44.9 Å². The van der Waals surface area contributed by atoms with Gasteiger partial charge in [-0.25, -0.2) is 4.98 Å². The fraction of sp³-hybridized carbons (Fsp3) is 0.455. The van der Waals surface area contributed by atoms with Gasteiger partial charge in [0.25, 0.3) is 5.91 Å². The van der Waals surface area contributed by atoms with Gasteiger partial charge in [-0.3, -0.25) is 9.59 Å². The zero-order valence-corrected chi connectivity index (χ0v) is 17.0. The molecule has 8 nitrogen and oxygen atoms in total. The molecule has 1 amide bonds. The van der Waals surface area contributed by atoms with E-state index in [0.717, 1.165) is 31.4 Å². The molecule has 1 aromatic carbocycles. The van der Waals surface area contributed by atoms with Gasteiger partial charge in [0.2, 0.25) is 5.88 Å². The molecule has 2 aliphatic rings. The molecule has 3 N–H and O–H groups in total. The molecule has 158 valence electrons. The van der Waals surface area contributed by atoms with Crippen molar-refractivity contribution >= 4 is 23.4 Å². The highest BCUT2D eigenvalue weighted by Gasteiger charge is 2.30. The lowest BCUT2D eigenvalue weighted by Gasteiger charge is -2.28. The Hall–Kier alpha value is -3.16. The van der Waals surface area contributed by atoms with Crippen LogP contribution in [0.1, 0.15) is 59.8 Å². The van der Waals surface area contributed by atoms with E-state index in [2.05, 4.69) is 22.1 Å². The molecular formula is C22H26N4O4. The van der Waals surface area contributed by atoms with E-state index in [4.69, 9.17) is 15.6 Å². The molecule has 4 rings (SSSR count). The number of carbonyl (C=O) groups is 2. The van der Waals surface area contributed by atoms with Gasteiger partial charge in [0.15, 0.2) is 0 Å². The third-order valence-electron chi connectivity index (χ3n) is 6.01. The van der Waals surface area contributed by atoms with E-state index in [9.17, 15) is 9.59 Å². The first-order valence-corrected chi connectivity index (χ1v) is 10.3. The number of fused-ring (bicyclic) bond motifs is 1. The minimum Gasteiger partial charge on any atom is -0.481 e. The molecule has 0 bridgehead atoms. The van der Waals surface area contributed by atoms with Gasteiger partial charge < -0.3 is 20.5 Å². The Balaban J connectivity index is 1.49. The number of carboxylic acid groups (broad SMARTS) is 1. The smallest absolute Gasteiger partial charge is 0.303 e.